The predicted octanol–water partition coefficient (Wildman–Crippen LogP) is 2.71. The topological polar surface area (TPSA) is 32.3 Å². The highest BCUT2D eigenvalue weighted by Crippen LogP contribution is 2.50. The minimum absolute atomic E-state index is 0.207. The van der Waals surface area contributed by atoms with E-state index in [1.54, 1.807) is 0 Å². The minimum Gasteiger partial charge on any atom is -0.339 e. The maximum Gasteiger partial charge on any atom is 0.233 e. The molecule has 3 rings (SSSR count). The van der Waals surface area contributed by atoms with Crippen LogP contribution in [0.15, 0.2) is 30.3 Å². The van der Waals surface area contributed by atoms with Gasteiger partial charge in [0, 0.05) is 12.6 Å². The van der Waals surface area contributed by atoms with Crippen molar-refractivity contribution in [3.8, 4) is 0 Å². The number of nitrogens with one attached hydrogen (secondary N) is 1. The molecule has 1 aliphatic heterocycles. The SMILES string of the molecule is CCCN(C(=O)C1(c2ccccc2)CC1)C1CCNCC1. The molecule has 21 heavy (non-hydrogen) atoms. The van der Waals surface area contributed by atoms with Gasteiger partial charge in [0.15, 0.2) is 0 Å². The van der Waals surface area contributed by atoms with Crippen LogP contribution in [0, 0.1) is 0 Å². The summed E-state index contributed by atoms with van der Waals surface area (Å²) in [6.07, 6.45) is 5.26. The van der Waals surface area contributed by atoms with Gasteiger partial charge in [-0.25, -0.2) is 0 Å². The van der Waals surface area contributed by atoms with Crippen LogP contribution in [0.4, 0.5) is 0 Å². The molecule has 1 heterocycles. The lowest BCUT2D eigenvalue weighted by atomic mass is 9.92. The van der Waals surface area contributed by atoms with Gasteiger partial charge < -0.3 is 10.2 Å². The zero-order valence-electron chi connectivity index (χ0n) is 13.0. The van der Waals surface area contributed by atoms with Gasteiger partial charge in [0.05, 0.1) is 5.41 Å². The maximum atomic E-state index is 13.2. The Morgan fingerprint density at radius 1 is 1.24 bits per heavy atom. The first-order valence-corrected chi connectivity index (χ1v) is 8.35. The molecule has 1 saturated carbocycles. The molecule has 1 N–H and O–H groups in total. The van der Waals surface area contributed by atoms with Crippen molar-refractivity contribution in [1.82, 2.24) is 10.2 Å². The number of piperidine rings is 1. The van der Waals surface area contributed by atoms with Gasteiger partial charge in [0.25, 0.3) is 0 Å². The third-order valence-electron chi connectivity index (χ3n) is 4.96. The number of hydrogen-bond donors (Lipinski definition) is 1. The van der Waals surface area contributed by atoms with Crippen LogP contribution in [0.1, 0.15) is 44.6 Å². The highest BCUT2D eigenvalue weighted by molar-refractivity contribution is 5.91. The minimum atomic E-state index is -0.207. The molecule has 1 aromatic rings. The van der Waals surface area contributed by atoms with Crippen LogP contribution in [0.3, 0.4) is 0 Å². The van der Waals surface area contributed by atoms with Crippen molar-refractivity contribution >= 4 is 5.91 Å². The lowest BCUT2D eigenvalue weighted by Gasteiger charge is -2.37. The van der Waals surface area contributed by atoms with Crippen molar-refractivity contribution in [2.45, 2.75) is 50.5 Å². The van der Waals surface area contributed by atoms with Crippen molar-refractivity contribution in [1.29, 1.82) is 0 Å². The van der Waals surface area contributed by atoms with Crippen LogP contribution in [0.5, 0.6) is 0 Å². The summed E-state index contributed by atoms with van der Waals surface area (Å²) in [4.78, 5) is 15.4. The molecule has 2 aliphatic rings. The van der Waals surface area contributed by atoms with Gasteiger partial charge >= 0.3 is 0 Å². The Morgan fingerprint density at radius 3 is 2.48 bits per heavy atom. The highest BCUT2D eigenvalue weighted by Gasteiger charge is 2.53. The monoisotopic (exact) mass is 286 g/mol. The van der Waals surface area contributed by atoms with E-state index in [4.69, 9.17) is 0 Å². The van der Waals surface area contributed by atoms with Crippen LogP contribution in [0.2, 0.25) is 0 Å². The van der Waals surface area contributed by atoms with Crippen LogP contribution in [0.25, 0.3) is 0 Å². The summed E-state index contributed by atoms with van der Waals surface area (Å²) in [7, 11) is 0. The van der Waals surface area contributed by atoms with E-state index in [9.17, 15) is 4.79 Å². The molecule has 1 aliphatic carbocycles. The molecule has 2 fully saturated rings. The third-order valence-corrected chi connectivity index (χ3v) is 4.96. The van der Waals surface area contributed by atoms with E-state index < -0.39 is 0 Å². The van der Waals surface area contributed by atoms with Crippen molar-refractivity contribution in [2.75, 3.05) is 19.6 Å². The molecule has 1 aromatic carbocycles. The van der Waals surface area contributed by atoms with Crippen molar-refractivity contribution < 1.29 is 4.79 Å². The second-order valence-corrected chi connectivity index (χ2v) is 6.43. The first kappa shape index (κ1) is 14.6. The van der Waals surface area contributed by atoms with E-state index in [1.807, 2.05) is 6.07 Å². The Bertz CT molecular complexity index is 475. The molecule has 0 spiro atoms. The molecule has 3 heteroatoms. The number of hydrogen-bond acceptors (Lipinski definition) is 2. The molecule has 1 amide bonds. The number of amides is 1. The van der Waals surface area contributed by atoms with E-state index in [1.165, 1.54) is 5.56 Å². The summed E-state index contributed by atoms with van der Waals surface area (Å²) in [6.45, 7) is 5.15. The lowest BCUT2D eigenvalue weighted by molar-refractivity contribution is -0.137. The first-order chi connectivity index (χ1) is 10.3. The highest BCUT2D eigenvalue weighted by atomic mass is 16.2. The average Bonchev–Trinajstić information content (AvgIpc) is 3.35. The van der Waals surface area contributed by atoms with Crippen molar-refractivity contribution in [3.63, 3.8) is 0 Å². The number of carbonyl (C=O) groups excluding carboxylic acids is 1. The van der Waals surface area contributed by atoms with Gasteiger partial charge in [0.2, 0.25) is 5.91 Å². The van der Waals surface area contributed by atoms with Crippen molar-refractivity contribution in [3.05, 3.63) is 35.9 Å². The molecule has 0 aromatic heterocycles. The Labute approximate surface area is 127 Å². The van der Waals surface area contributed by atoms with Gasteiger partial charge in [-0.05, 0) is 50.8 Å². The molecule has 0 unspecified atom stereocenters. The zero-order valence-corrected chi connectivity index (χ0v) is 13.0. The fourth-order valence-corrected chi connectivity index (χ4v) is 3.59. The van der Waals surface area contributed by atoms with E-state index in [2.05, 4.69) is 41.4 Å². The third kappa shape index (κ3) is 2.84. The lowest BCUT2D eigenvalue weighted by Crippen LogP contribution is -2.50. The second kappa shape index (κ2) is 6.18. The van der Waals surface area contributed by atoms with Gasteiger partial charge in [-0.3, -0.25) is 4.79 Å². The first-order valence-electron chi connectivity index (χ1n) is 8.35. The predicted molar refractivity (Wildman–Crippen MR) is 85.2 cm³/mol. The largest absolute Gasteiger partial charge is 0.339 e. The summed E-state index contributed by atoms with van der Waals surface area (Å²) in [5, 5.41) is 3.40. The maximum absolute atomic E-state index is 13.2. The van der Waals surface area contributed by atoms with Gasteiger partial charge in [0.1, 0.15) is 0 Å². The van der Waals surface area contributed by atoms with Crippen molar-refractivity contribution in [2.24, 2.45) is 0 Å². The normalized spacial score (nSPS) is 21.0. The summed E-state index contributed by atoms with van der Waals surface area (Å²) in [6, 6.07) is 10.8. The summed E-state index contributed by atoms with van der Waals surface area (Å²) in [5.74, 6) is 0.377. The molecular weight excluding hydrogens is 260 g/mol. The van der Waals surface area contributed by atoms with E-state index >= 15 is 0 Å². The number of nitrogens with zero attached hydrogens (tertiary/aromatic N) is 1. The van der Waals surface area contributed by atoms with E-state index in [0.29, 0.717) is 11.9 Å². The molecule has 3 nitrogen and oxygen atoms in total. The van der Waals surface area contributed by atoms with Crippen LogP contribution >= 0.6 is 0 Å². The van der Waals surface area contributed by atoms with E-state index in [-0.39, 0.29) is 5.41 Å². The van der Waals surface area contributed by atoms with E-state index in [0.717, 1.165) is 51.7 Å². The molecule has 0 radical (unpaired) electrons. The molecule has 0 atom stereocenters. The van der Waals surface area contributed by atoms with Crippen LogP contribution < -0.4 is 5.32 Å². The quantitative estimate of drug-likeness (QED) is 0.902. The Hall–Kier alpha value is -1.35. The van der Waals surface area contributed by atoms with Gasteiger partial charge in [-0.1, -0.05) is 37.3 Å². The number of benzene rings is 1. The summed E-state index contributed by atoms with van der Waals surface area (Å²) < 4.78 is 0. The smallest absolute Gasteiger partial charge is 0.233 e. The Morgan fingerprint density at radius 2 is 1.90 bits per heavy atom. The Balaban J connectivity index is 1.80. The zero-order chi connectivity index (χ0) is 14.7. The second-order valence-electron chi connectivity index (χ2n) is 6.43. The average molecular weight is 286 g/mol. The molecule has 114 valence electrons. The van der Waals surface area contributed by atoms with Crippen LogP contribution in [-0.4, -0.2) is 36.5 Å². The number of carbonyl (C=O) groups is 1. The van der Waals surface area contributed by atoms with Gasteiger partial charge in [-0.2, -0.15) is 0 Å². The summed E-state index contributed by atoms with van der Waals surface area (Å²) in [5.41, 5.74) is 1.01. The van der Waals surface area contributed by atoms with Crippen LogP contribution in [-0.2, 0) is 10.2 Å². The fourth-order valence-electron chi connectivity index (χ4n) is 3.59. The fraction of sp³-hybridized carbons (Fsp3) is 0.611. The molecular formula is C18H26N2O. The standard InChI is InChI=1S/C18H26N2O/c1-2-14-20(16-8-12-19-13-9-16)17(21)18(10-11-18)15-6-4-3-5-7-15/h3-7,16,19H,2,8-14H2,1H3. The molecule has 1 saturated heterocycles. The summed E-state index contributed by atoms with van der Waals surface area (Å²) >= 11 is 0. The molecule has 0 bridgehead atoms. The van der Waals surface area contributed by atoms with Gasteiger partial charge in [-0.15, -0.1) is 0 Å². The number of rotatable bonds is 5. The Kier molecular flexibility index (Phi) is 4.29.